The summed E-state index contributed by atoms with van der Waals surface area (Å²) in [5.74, 6) is -0.549. The normalized spacial score (nSPS) is 11.9. The number of carbonyl (C=O) groups is 1. The van der Waals surface area contributed by atoms with Crippen LogP contribution in [-0.2, 0) is 11.4 Å². The number of aliphatic carboxylic acids is 1. The van der Waals surface area contributed by atoms with E-state index in [1.165, 1.54) is 11.8 Å². The molecule has 0 spiro atoms. The number of nitrogens with zero attached hydrogens (tertiary/aromatic N) is 2. The molecule has 6 nitrogen and oxygen atoms in total. The summed E-state index contributed by atoms with van der Waals surface area (Å²) in [5, 5.41) is 14.1. The van der Waals surface area contributed by atoms with Crippen LogP contribution in [0.15, 0.2) is 65.4 Å². The van der Waals surface area contributed by atoms with Gasteiger partial charge in [-0.1, -0.05) is 47.1 Å². The maximum atomic E-state index is 11.3. The molecule has 1 unspecified atom stereocenters. The van der Waals surface area contributed by atoms with E-state index in [1.807, 2.05) is 31.2 Å². The van der Waals surface area contributed by atoms with E-state index in [2.05, 4.69) is 41.3 Å². The van der Waals surface area contributed by atoms with E-state index in [0.29, 0.717) is 18.1 Å². The number of aryl methyl sites for hydroxylation is 2. The highest BCUT2D eigenvalue weighted by molar-refractivity contribution is 7.15. The van der Waals surface area contributed by atoms with Crippen molar-refractivity contribution in [3.63, 3.8) is 0 Å². The lowest BCUT2D eigenvalue weighted by Crippen LogP contribution is -2.08. The van der Waals surface area contributed by atoms with E-state index in [1.54, 1.807) is 17.4 Å². The molecule has 4 aromatic rings. The molecule has 4 rings (SSSR count). The number of aromatic nitrogens is 2. The summed E-state index contributed by atoms with van der Waals surface area (Å²) < 4.78 is 10.9. The standard InChI is InChI=1S/C24H22N2O4S/c1-15-3-5-18(6-4-15)24-25-16(2)22(31-24)14-29-19-9-7-17(8-10-19)20(13-23(27)28)21-11-12-30-26-21/h3-12,20H,13-14H2,1-2H3,(H,27,28). The topological polar surface area (TPSA) is 85.5 Å². The van der Waals surface area contributed by atoms with Crippen molar-refractivity contribution in [1.82, 2.24) is 10.1 Å². The van der Waals surface area contributed by atoms with Gasteiger partial charge in [-0.25, -0.2) is 4.98 Å². The molecule has 158 valence electrons. The summed E-state index contributed by atoms with van der Waals surface area (Å²) >= 11 is 1.63. The number of thiazole rings is 1. The first-order chi connectivity index (χ1) is 15.0. The van der Waals surface area contributed by atoms with E-state index >= 15 is 0 Å². The lowest BCUT2D eigenvalue weighted by molar-refractivity contribution is -0.137. The first-order valence-electron chi connectivity index (χ1n) is 9.88. The molecule has 0 fully saturated rings. The maximum absolute atomic E-state index is 11.3. The Hall–Kier alpha value is -3.45. The van der Waals surface area contributed by atoms with E-state index in [9.17, 15) is 9.90 Å². The van der Waals surface area contributed by atoms with Crippen LogP contribution in [0.1, 0.15) is 39.7 Å². The van der Waals surface area contributed by atoms with E-state index in [0.717, 1.165) is 26.7 Å². The number of carboxylic acid groups (broad SMARTS) is 1. The summed E-state index contributed by atoms with van der Waals surface area (Å²) in [4.78, 5) is 17.0. The lowest BCUT2D eigenvalue weighted by Gasteiger charge is -2.13. The van der Waals surface area contributed by atoms with Gasteiger partial charge in [-0.15, -0.1) is 11.3 Å². The Bertz CT molecular complexity index is 1150. The van der Waals surface area contributed by atoms with Gasteiger partial charge in [0.2, 0.25) is 0 Å². The van der Waals surface area contributed by atoms with E-state index in [-0.39, 0.29) is 12.3 Å². The van der Waals surface area contributed by atoms with Crippen molar-refractivity contribution in [2.75, 3.05) is 0 Å². The fourth-order valence-electron chi connectivity index (χ4n) is 3.30. The molecular formula is C24H22N2O4S. The minimum atomic E-state index is -0.890. The molecule has 0 aliphatic carbocycles. The first kappa shape index (κ1) is 20.8. The minimum absolute atomic E-state index is 0.0609. The van der Waals surface area contributed by atoms with Gasteiger partial charge in [0.05, 0.1) is 22.7 Å². The predicted molar refractivity (Wildman–Crippen MR) is 118 cm³/mol. The molecule has 2 aromatic heterocycles. The van der Waals surface area contributed by atoms with Crippen LogP contribution in [-0.4, -0.2) is 21.2 Å². The highest BCUT2D eigenvalue weighted by Gasteiger charge is 2.20. The van der Waals surface area contributed by atoms with Crippen molar-refractivity contribution in [3.8, 4) is 16.3 Å². The van der Waals surface area contributed by atoms with Crippen LogP contribution in [0.4, 0.5) is 0 Å². The molecule has 0 aliphatic heterocycles. The molecule has 2 heterocycles. The fraction of sp³-hybridized carbons (Fsp3) is 0.208. The number of hydrogen-bond donors (Lipinski definition) is 1. The van der Waals surface area contributed by atoms with Gasteiger partial charge in [0.1, 0.15) is 23.6 Å². The Balaban J connectivity index is 1.45. The third kappa shape index (κ3) is 5.00. The molecule has 0 aliphatic rings. The first-order valence-corrected chi connectivity index (χ1v) is 10.7. The Morgan fingerprint density at radius 2 is 1.84 bits per heavy atom. The summed E-state index contributed by atoms with van der Waals surface area (Å²) in [6, 6.07) is 17.5. The minimum Gasteiger partial charge on any atom is -0.488 e. The molecule has 1 N–H and O–H groups in total. The average Bonchev–Trinajstić information content (AvgIpc) is 3.41. The SMILES string of the molecule is Cc1ccc(-c2nc(C)c(COc3ccc(C(CC(=O)O)c4ccon4)cc3)s2)cc1. The second-order valence-corrected chi connectivity index (χ2v) is 8.41. The zero-order valence-corrected chi connectivity index (χ0v) is 18.1. The number of benzene rings is 2. The summed E-state index contributed by atoms with van der Waals surface area (Å²) in [7, 11) is 0. The highest BCUT2D eigenvalue weighted by Crippen LogP contribution is 2.31. The van der Waals surface area contributed by atoms with Gasteiger partial charge in [-0.2, -0.15) is 0 Å². The fourth-order valence-corrected chi connectivity index (χ4v) is 4.28. The zero-order chi connectivity index (χ0) is 21.8. The van der Waals surface area contributed by atoms with Crippen molar-refractivity contribution in [3.05, 3.63) is 88.3 Å². The summed E-state index contributed by atoms with van der Waals surface area (Å²) in [6.07, 6.45) is 1.39. The number of carboxylic acids is 1. The Labute approximate surface area is 184 Å². The van der Waals surface area contributed by atoms with Gasteiger partial charge in [-0.3, -0.25) is 4.79 Å². The van der Waals surface area contributed by atoms with Crippen LogP contribution in [0.5, 0.6) is 5.75 Å². The average molecular weight is 435 g/mol. The molecule has 31 heavy (non-hydrogen) atoms. The van der Waals surface area contributed by atoms with Crippen LogP contribution in [0.25, 0.3) is 10.6 Å². The van der Waals surface area contributed by atoms with Crippen LogP contribution < -0.4 is 4.74 Å². The zero-order valence-electron chi connectivity index (χ0n) is 17.2. The van der Waals surface area contributed by atoms with Crippen molar-refractivity contribution in [2.45, 2.75) is 32.8 Å². The molecule has 0 saturated carbocycles. The molecule has 0 radical (unpaired) electrons. The number of ether oxygens (including phenoxy) is 1. The van der Waals surface area contributed by atoms with E-state index in [4.69, 9.17) is 9.26 Å². The second-order valence-electron chi connectivity index (χ2n) is 7.33. The maximum Gasteiger partial charge on any atom is 0.304 e. The van der Waals surface area contributed by atoms with Gasteiger partial charge in [0, 0.05) is 17.5 Å². The van der Waals surface area contributed by atoms with E-state index < -0.39 is 5.97 Å². The van der Waals surface area contributed by atoms with Crippen molar-refractivity contribution < 1.29 is 19.2 Å². The van der Waals surface area contributed by atoms with Crippen LogP contribution in [0.2, 0.25) is 0 Å². The number of hydrogen-bond acceptors (Lipinski definition) is 6. The van der Waals surface area contributed by atoms with Crippen LogP contribution in [0.3, 0.4) is 0 Å². The van der Waals surface area contributed by atoms with Gasteiger partial charge in [0.15, 0.2) is 0 Å². The van der Waals surface area contributed by atoms with Gasteiger partial charge in [0.25, 0.3) is 0 Å². The molecule has 0 amide bonds. The molecule has 7 heteroatoms. The van der Waals surface area contributed by atoms with Crippen molar-refractivity contribution >= 4 is 17.3 Å². The molecular weight excluding hydrogens is 412 g/mol. The molecule has 1 atom stereocenters. The Morgan fingerprint density at radius 1 is 1.10 bits per heavy atom. The quantitative estimate of drug-likeness (QED) is 0.388. The Morgan fingerprint density at radius 3 is 2.48 bits per heavy atom. The van der Waals surface area contributed by atoms with Crippen molar-refractivity contribution in [2.24, 2.45) is 0 Å². The summed E-state index contributed by atoms with van der Waals surface area (Å²) in [5.41, 5.74) is 4.73. The predicted octanol–water partition coefficient (Wildman–Crippen LogP) is 5.60. The van der Waals surface area contributed by atoms with Gasteiger partial charge in [-0.05, 0) is 31.5 Å². The summed E-state index contributed by atoms with van der Waals surface area (Å²) in [6.45, 7) is 4.48. The third-order valence-corrected chi connectivity index (χ3v) is 6.22. The molecule has 0 saturated heterocycles. The van der Waals surface area contributed by atoms with Crippen molar-refractivity contribution in [1.29, 1.82) is 0 Å². The third-order valence-electron chi connectivity index (χ3n) is 5.04. The largest absolute Gasteiger partial charge is 0.488 e. The molecule has 0 bridgehead atoms. The second kappa shape index (κ2) is 9.14. The molecule has 2 aromatic carbocycles. The Kier molecular flexibility index (Phi) is 6.13. The van der Waals surface area contributed by atoms with Crippen LogP contribution >= 0.6 is 11.3 Å². The lowest BCUT2D eigenvalue weighted by atomic mass is 9.92. The van der Waals surface area contributed by atoms with Crippen LogP contribution in [0, 0.1) is 13.8 Å². The number of rotatable bonds is 8. The van der Waals surface area contributed by atoms with Gasteiger partial charge < -0.3 is 14.4 Å². The highest BCUT2D eigenvalue weighted by atomic mass is 32.1. The monoisotopic (exact) mass is 434 g/mol. The van der Waals surface area contributed by atoms with Gasteiger partial charge >= 0.3 is 5.97 Å². The smallest absolute Gasteiger partial charge is 0.304 e.